The number of para-hydroxylation sites is 1. The number of anilines is 2. The number of unbranched alkanes of at least 4 members (excludes halogenated alkanes) is 3. The molecule has 0 bridgehead atoms. The van der Waals surface area contributed by atoms with Crippen LogP contribution in [0.1, 0.15) is 41.6 Å². The summed E-state index contributed by atoms with van der Waals surface area (Å²) in [7, 11) is 0. The van der Waals surface area contributed by atoms with Gasteiger partial charge in [0.05, 0.1) is 10.7 Å². The van der Waals surface area contributed by atoms with Gasteiger partial charge in [-0.25, -0.2) is 9.97 Å². The largest absolute Gasteiger partial charge is 0.367 e. The van der Waals surface area contributed by atoms with Gasteiger partial charge in [-0.1, -0.05) is 72.1 Å². The van der Waals surface area contributed by atoms with Crippen molar-refractivity contribution in [3.63, 3.8) is 0 Å². The molecule has 0 radical (unpaired) electrons. The van der Waals surface area contributed by atoms with Crippen molar-refractivity contribution in [1.29, 1.82) is 0 Å². The fraction of sp³-hybridized carbons (Fsp3) is 0.393. The molecule has 4 rings (SSSR count). The number of nitrogens with zero attached hydrogens (tertiary/aromatic N) is 4. The summed E-state index contributed by atoms with van der Waals surface area (Å²) in [5, 5.41) is 4.83. The number of benzene rings is 2. The summed E-state index contributed by atoms with van der Waals surface area (Å²) in [6, 6.07) is 17.4. The molecule has 0 saturated carbocycles. The van der Waals surface area contributed by atoms with Crippen molar-refractivity contribution >= 4 is 52.4 Å². The Morgan fingerprint density at radius 3 is 2.37 bits per heavy atom. The molecule has 3 N–H and O–H groups in total. The molecule has 0 unspecified atom stereocenters. The molecule has 1 aliphatic rings. The number of nitrogens with two attached hydrogens (primary N) is 1. The van der Waals surface area contributed by atoms with E-state index in [9.17, 15) is 4.79 Å². The van der Waals surface area contributed by atoms with E-state index in [0.29, 0.717) is 28.2 Å². The van der Waals surface area contributed by atoms with E-state index in [2.05, 4.69) is 26.2 Å². The minimum Gasteiger partial charge on any atom is -0.367 e. The molecule has 0 spiro atoms. The van der Waals surface area contributed by atoms with Crippen LogP contribution in [0.5, 0.6) is 0 Å². The molecular formula is C28H34Cl2N6OS. The molecule has 3 aromatic rings. The van der Waals surface area contributed by atoms with Crippen molar-refractivity contribution in [3.8, 4) is 0 Å². The summed E-state index contributed by atoms with van der Waals surface area (Å²) in [5.74, 6) is 1.48. The number of thioether (sulfide) groups is 1. The number of halogens is 2. The number of carbonyl (C=O) groups is 1. The topological polar surface area (TPSA) is 87.4 Å². The Morgan fingerprint density at radius 1 is 0.921 bits per heavy atom. The summed E-state index contributed by atoms with van der Waals surface area (Å²) in [4.78, 5) is 26.1. The highest BCUT2D eigenvalue weighted by Gasteiger charge is 2.21. The lowest BCUT2D eigenvalue weighted by atomic mass is 10.1. The molecule has 2 aromatic carbocycles. The van der Waals surface area contributed by atoms with Crippen molar-refractivity contribution in [3.05, 3.63) is 75.9 Å². The Labute approximate surface area is 239 Å². The number of amides is 1. The summed E-state index contributed by atoms with van der Waals surface area (Å²) in [5.41, 5.74) is 8.33. The molecule has 1 amide bonds. The van der Waals surface area contributed by atoms with Crippen molar-refractivity contribution in [2.45, 2.75) is 36.6 Å². The van der Waals surface area contributed by atoms with E-state index in [1.807, 2.05) is 48.5 Å². The van der Waals surface area contributed by atoms with Crippen LogP contribution in [0.2, 0.25) is 10.2 Å². The molecule has 0 aliphatic carbocycles. The van der Waals surface area contributed by atoms with E-state index >= 15 is 0 Å². The van der Waals surface area contributed by atoms with Gasteiger partial charge in [-0.05, 0) is 49.2 Å². The molecule has 1 aliphatic heterocycles. The summed E-state index contributed by atoms with van der Waals surface area (Å²) >= 11 is 14.3. The fourth-order valence-corrected chi connectivity index (χ4v) is 5.62. The average molecular weight is 574 g/mol. The van der Waals surface area contributed by atoms with Gasteiger partial charge in [-0.3, -0.25) is 4.79 Å². The molecule has 1 fully saturated rings. The van der Waals surface area contributed by atoms with Gasteiger partial charge in [-0.2, -0.15) is 0 Å². The summed E-state index contributed by atoms with van der Waals surface area (Å²) in [6.07, 6.45) is 4.20. The van der Waals surface area contributed by atoms with E-state index in [0.717, 1.165) is 80.5 Å². The van der Waals surface area contributed by atoms with Crippen LogP contribution in [0.15, 0.2) is 59.8 Å². The third-order valence-electron chi connectivity index (χ3n) is 6.46. The summed E-state index contributed by atoms with van der Waals surface area (Å²) < 4.78 is 0. The molecule has 1 aromatic heterocycles. The number of aromatic nitrogens is 2. The minimum absolute atomic E-state index is 0.0412. The van der Waals surface area contributed by atoms with Crippen LogP contribution in [0.25, 0.3) is 0 Å². The van der Waals surface area contributed by atoms with Crippen molar-refractivity contribution < 1.29 is 4.79 Å². The Bertz CT molecular complexity index is 1190. The number of hydrogen-bond acceptors (Lipinski definition) is 7. The van der Waals surface area contributed by atoms with Crippen LogP contribution in [0, 0.1) is 0 Å². The van der Waals surface area contributed by atoms with Crippen molar-refractivity contribution in [1.82, 2.24) is 15.3 Å². The van der Waals surface area contributed by atoms with Crippen LogP contribution < -0.4 is 20.9 Å². The van der Waals surface area contributed by atoms with E-state index in [4.69, 9.17) is 33.9 Å². The first-order valence-electron chi connectivity index (χ1n) is 13.0. The van der Waals surface area contributed by atoms with Crippen LogP contribution in [0.4, 0.5) is 11.5 Å². The molecule has 0 atom stereocenters. The Balaban J connectivity index is 1.27. The summed E-state index contributed by atoms with van der Waals surface area (Å²) in [6.45, 7) is 4.75. The molecular weight excluding hydrogens is 539 g/mol. The molecule has 38 heavy (non-hydrogen) atoms. The van der Waals surface area contributed by atoms with Gasteiger partial charge >= 0.3 is 0 Å². The van der Waals surface area contributed by atoms with Gasteiger partial charge in [0.2, 0.25) is 0 Å². The van der Waals surface area contributed by atoms with Gasteiger partial charge < -0.3 is 20.9 Å². The van der Waals surface area contributed by atoms with Gasteiger partial charge in [-0.15, -0.1) is 0 Å². The van der Waals surface area contributed by atoms with Crippen molar-refractivity contribution in [2.24, 2.45) is 5.73 Å². The van der Waals surface area contributed by atoms with E-state index in [-0.39, 0.29) is 5.91 Å². The van der Waals surface area contributed by atoms with E-state index < -0.39 is 0 Å². The van der Waals surface area contributed by atoms with Gasteiger partial charge in [0.1, 0.15) is 11.0 Å². The predicted molar refractivity (Wildman–Crippen MR) is 159 cm³/mol. The smallest absolute Gasteiger partial charge is 0.251 e. The normalized spacial score (nSPS) is 13.6. The lowest BCUT2D eigenvalue weighted by Gasteiger charge is -2.37. The fourth-order valence-electron chi connectivity index (χ4n) is 4.32. The Morgan fingerprint density at radius 2 is 1.63 bits per heavy atom. The third kappa shape index (κ3) is 8.24. The highest BCUT2D eigenvalue weighted by Crippen LogP contribution is 2.29. The number of hydrogen-bond donors (Lipinski definition) is 2. The molecule has 2 heterocycles. The van der Waals surface area contributed by atoms with Crippen molar-refractivity contribution in [2.75, 3.05) is 49.1 Å². The first-order valence-corrected chi connectivity index (χ1v) is 14.8. The first-order chi connectivity index (χ1) is 18.5. The zero-order chi connectivity index (χ0) is 26.7. The van der Waals surface area contributed by atoms with Gasteiger partial charge in [0.25, 0.3) is 5.91 Å². The standard InChI is InChI=1S/C28H34Cl2N6OS/c29-23-7-3-4-8-24(23)35-15-17-36(18-16-35)26-19-25(30)33-28(34-26)38-20-21-9-11-22(12-10-21)27(37)32-14-6-2-1-5-13-31/h3-4,7-12,19H,1-2,5-6,13-18,20,31H2,(H,32,37). The van der Waals surface area contributed by atoms with E-state index in [1.54, 1.807) is 0 Å². The molecule has 202 valence electrons. The maximum Gasteiger partial charge on any atom is 0.251 e. The van der Waals surface area contributed by atoms with Gasteiger partial charge in [0, 0.05) is 50.1 Å². The quantitative estimate of drug-likeness (QED) is 0.125. The zero-order valence-electron chi connectivity index (χ0n) is 21.4. The highest BCUT2D eigenvalue weighted by molar-refractivity contribution is 7.98. The second-order valence-electron chi connectivity index (χ2n) is 9.20. The number of rotatable bonds is 12. The lowest BCUT2D eigenvalue weighted by molar-refractivity contribution is 0.0953. The van der Waals surface area contributed by atoms with Gasteiger partial charge in [0.15, 0.2) is 5.16 Å². The Kier molecular flexibility index (Phi) is 10.9. The molecule has 10 heteroatoms. The van der Waals surface area contributed by atoms with Crippen LogP contribution >= 0.6 is 35.0 Å². The first kappa shape index (κ1) is 28.5. The maximum absolute atomic E-state index is 12.4. The number of nitrogens with one attached hydrogen (secondary N) is 1. The van der Waals surface area contributed by atoms with Crippen LogP contribution in [-0.4, -0.2) is 55.1 Å². The minimum atomic E-state index is -0.0412. The molecule has 1 saturated heterocycles. The lowest BCUT2D eigenvalue weighted by Crippen LogP contribution is -2.47. The SMILES string of the molecule is NCCCCCCNC(=O)c1ccc(CSc2nc(Cl)cc(N3CCN(c4ccccc4Cl)CC3)n2)cc1. The van der Waals surface area contributed by atoms with Crippen LogP contribution in [0.3, 0.4) is 0 Å². The Hall–Kier alpha value is -2.52. The predicted octanol–water partition coefficient (Wildman–Crippen LogP) is 5.65. The second kappa shape index (κ2) is 14.6. The maximum atomic E-state index is 12.4. The average Bonchev–Trinajstić information content (AvgIpc) is 2.94. The zero-order valence-corrected chi connectivity index (χ0v) is 23.7. The van der Waals surface area contributed by atoms with E-state index in [1.165, 1.54) is 11.8 Å². The van der Waals surface area contributed by atoms with Crippen LogP contribution in [-0.2, 0) is 5.75 Å². The number of carbonyl (C=O) groups excluding carboxylic acids is 1. The third-order valence-corrected chi connectivity index (χ3v) is 7.89. The second-order valence-corrected chi connectivity index (χ2v) is 10.9. The number of piperazine rings is 1. The monoisotopic (exact) mass is 572 g/mol. The highest BCUT2D eigenvalue weighted by atomic mass is 35.5. The molecule has 7 nitrogen and oxygen atoms in total.